The fraction of sp³-hybridized carbons (Fsp3) is 0.556. The smallest absolute Gasteiger partial charge is 0.252 e. The number of likely N-dealkylation sites (N-methyl/N-ethyl adjacent to an activating group) is 1. The van der Waals surface area contributed by atoms with Gasteiger partial charge in [0.25, 0.3) is 10.0 Å². The molecular weight excluding hydrogens is 314 g/mol. The van der Waals surface area contributed by atoms with Gasteiger partial charge in [-0.25, -0.2) is 8.42 Å². The van der Waals surface area contributed by atoms with Gasteiger partial charge in [-0.15, -0.1) is 11.3 Å². The number of sulfonamides is 1. The van der Waals surface area contributed by atoms with Crippen LogP contribution < -0.4 is 0 Å². The van der Waals surface area contributed by atoms with Gasteiger partial charge >= 0.3 is 0 Å². The van der Waals surface area contributed by atoms with Gasteiger partial charge in [0.2, 0.25) is 0 Å². The maximum absolute atomic E-state index is 12.0. The predicted molar refractivity (Wildman–Crippen MR) is 68.1 cm³/mol. The van der Waals surface area contributed by atoms with E-state index in [-0.39, 0.29) is 10.8 Å². The number of aliphatic hydroxyl groups is 1. The van der Waals surface area contributed by atoms with E-state index in [0.717, 1.165) is 19.4 Å². The SMILES string of the molecule is CN(CC(C)(C)O)S(=O)(=O)c1ccc(Br)s1. The Hall–Kier alpha value is 0.0500. The Kier molecular flexibility index (Phi) is 4.18. The largest absolute Gasteiger partial charge is 0.389 e. The zero-order chi connectivity index (χ0) is 12.6. The maximum atomic E-state index is 12.0. The molecule has 16 heavy (non-hydrogen) atoms. The van der Waals surface area contributed by atoms with Gasteiger partial charge in [-0.05, 0) is 41.9 Å². The highest BCUT2D eigenvalue weighted by Gasteiger charge is 2.27. The minimum atomic E-state index is -3.49. The molecule has 1 aromatic rings. The Morgan fingerprint density at radius 3 is 2.44 bits per heavy atom. The molecule has 92 valence electrons. The van der Waals surface area contributed by atoms with Gasteiger partial charge < -0.3 is 5.11 Å². The molecule has 0 unspecified atom stereocenters. The number of rotatable bonds is 4. The van der Waals surface area contributed by atoms with Crippen molar-refractivity contribution in [2.45, 2.75) is 23.7 Å². The van der Waals surface area contributed by atoms with Gasteiger partial charge in [0, 0.05) is 13.6 Å². The van der Waals surface area contributed by atoms with Gasteiger partial charge in [-0.1, -0.05) is 0 Å². The summed E-state index contributed by atoms with van der Waals surface area (Å²) in [5.74, 6) is 0. The molecule has 0 aliphatic carbocycles. The third-order valence-electron chi connectivity index (χ3n) is 1.82. The lowest BCUT2D eigenvalue weighted by atomic mass is 10.1. The van der Waals surface area contributed by atoms with Crippen molar-refractivity contribution in [2.24, 2.45) is 0 Å². The lowest BCUT2D eigenvalue weighted by Gasteiger charge is -2.24. The van der Waals surface area contributed by atoms with E-state index in [1.165, 1.54) is 7.05 Å². The number of hydrogen-bond acceptors (Lipinski definition) is 4. The monoisotopic (exact) mass is 327 g/mol. The molecule has 0 saturated heterocycles. The topological polar surface area (TPSA) is 57.6 Å². The van der Waals surface area contributed by atoms with Crippen molar-refractivity contribution >= 4 is 37.3 Å². The molecule has 1 rings (SSSR count). The first kappa shape index (κ1) is 14.1. The zero-order valence-electron chi connectivity index (χ0n) is 9.27. The van der Waals surface area contributed by atoms with Crippen molar-refractivity contribution in [1.29, 1.82) is 0 Å². The van der Waals surface area contributed by atoms with Crippen molar-refractivity contribution in [2.75, 3.05) is 13.6 Å². The molecule has 0 atom stereocenters. The maximum Gasteiger partial charge on any atom is 0.252 e. The van der Waals surface area contributed by atoms with Gasteiger partial charge in [0.15, 0.2) is 0 Å². The van der Waals surface area contributed by atoms with Crippen LogP contribution in [0, 0.1) is 0 Å². The van der Waals surface area contributed by atoms with Gasteiger partial charge in [0.05, 0.1) is 9.39 Å². The van der Waals surface area contributed by atoms with Crippen LogP contribution in [0.25, 0.3) is 0 Å². The molecule has 0 radical (unpaired) electrons. The second kappa shape index (κ2) is 4.73. The Morgan fingerprint density at radius 2 is 2.06 bits per heavy atom. The predicted octanol–water partition coefficient (Wildman–Crippen LogP) is 1.90. The summed E-state index contributed by atoms with van der Waals surface area (Å²) in [4.78, 5) is 0. The number of hydrogen-bond donors (Lipinski definition) is 1. The molecule has 4 nitrogen and oxygen atoms in total. The van der Waals surface area contributed by atoms with Crippen molar-refractivity contribution < 1.29 is 13.5 Å². The molecule has 0 aliphatic rings. The molecule has 7 heteroatoms. The number of halogens is 1. The summed E-state index contributed by atoms with van der Waals surface area (Å²) in [6, 6.07) is 3.24. The van der Waals surface area contributed by atoms with Crippen LogP contribution in [0.4, 0.5) is 0 Å². The molecule has 0 spiro atoms. The summed E-state index contributed by atoms with van der Waals surface area (Å²) in [5, 5.41) is 9.59. The highest BCUT2D eigenvalue weighted by Crippen LogP contribution is 2.28. The van der Waals surface area contributed by atoms with Crippen LogP contribution in [0.5, 0.6) is 0 Å². The Morgan fingerprint density at radius 1 is 1.50 bits per heavy atom. The molecule has 1 aromatic heterocycles. The van der Waals surface area contributed by atoms with Crippen molar-refractivity contribution in [3.05, 3.63) is 15.9 Å². The first-order valence-electron chi connectivity index (χ1n) is 4.57. The van der Waals surface area contributed by atoms with E-state index >= 15 is 0 Å². The summed E-state index contributed by atoms with van der Waals surface area (Å²) in [6.45, 7) is 3.21. The third kappa shape index (κ3) is 3.53. The second-order valence-electron chi connectivity index (χ2n) is 4.13. The molecule has 1 heterocycles. The minimum Gasteiger partial charge on any atom is -0.389 e. The van der Waals surface area contributed by atoms with E-state index in [1.54, 1.807) is 26.0 Å². The van der Waals surface area contributed by atoms with Crippen molar-refractivity contribution in [1.82, 2.24) is 4.31 Å². The molecule has 0 aliphatic heterocycles. The van der Waals surface area contributed by atoms with Crippen LogP contribution in [0.3, 0.4) is 0 Å². The van der Waals surface area contributed by atoms with E-state index in [9.17, 15) is 13.5 Å². The van der Waals surface area contributed by atoms with Crippen LogP contribution in [-0.2, 0) is 10.0 Å². The summed E-state index contributed by atoms with van der Waals surface area (Å²) in [5.41, 5.74) is -1.05. The van der Waals surface area contributed by atoms with Gasteiger partial charge in [0.1, 0.15) is 4.21 Å². The van der Waals surface area contributed by atoms with Crippen molar-refractivity contribution in [3.63, 3.8) is 0 Å². The molecule has 0 amide bonds. The first-order valence-corrected chi connectivity index (χ1v) is 7.62. The molecule has 1 N–H and O–H groups in total. The van der Waals surface area contributed by atoms with E-state index in [4.69, 9.17) is 0 Å². The highest BCUT2D eigenvalue weighted by atomic mass is 79.9. The molecule has 0 aromatic carbocycles. The summed E-state index contributed by atoms with van der Waals surface area (Å²) in [6.07, 6.45) is 0. The van der Waals surface area contributed by atoms with Crippen LogP contribution in [-0.4, -0.2) is 37.0 Å². The average molecular weight is 328 g/mol. The Labute approximate surface area is 108 Å². The van der Waals surface area contributed by atoms with E-state index in [2.05, 4.69) is 15.9 Å². The Balaban J connectivity index is 2.95. The average Bonchev–Trinajstić information content (AvgIpc) is 2.48. The summed E-state index contributed by atoms with van der Waals surface area (Å²) < 4.78 is 26.2. The van der Waals surface area contributed by atoms with Gasteiger partial charge in [-0.3, -0.25) is 0 Å². The first-order chi connectivity index (χ1) is 7.13. The second-order valence-corrected chi connectivity index (χ2v) is 8.87. The standard InChI is InChI=1S/C9H14BrNO3S2/c1-9(2,12)6-11(3)16(13,14)8-5-4-7(10)15-8/h4-5,12H,6H2,1-3H3. The molecule has 0 fully saturated rings. The van der Waals surface area contributed by atoms with E-state index in [1.807, 2.05) is 0 Å². The normalized spacial score (nSPS) is 13.4. The van der Waals surface area contributed by atoms with Crippen LogP contribution in [0.1, 0.15) is 13.8 Å². The fourth-order valence-electron chi connectivity index (χ4n) is 1.22. The summed E-state index contributed by atoms with van der Waals surface area (Å²) >= 11 is 4.38. The van der Waals surface area contributed by atoms with Crippen LogP contribution >= 0.6 is 27.3 Å². The number of thiophene rings is 1. The zero-order valence-corrected chi connectivity index (χ0v) is 12.5. The molecule has 0 bridgehead atoms. The lowest BCUT2D eigenvalue weighted by molar-refractivity contribution is 0.0640. The molecule has 0 saturated carbocycles. The number of nitrogens with zero attached hydrogens (tertiary/aromatic N) is 1. The van der Waals surface area contributed by atoms with Crippen LogP contribution in [0.2, 0.25) is 0 Å². The molecular formula is C9H14BrNO3S2. The Bertz CT molecular complexity index is 461. The van der Waals surface area contributed by atoms with Crippen LogP contribution in [0.15, 0.2) is 20.1 Å². The highest BCUT2D eigenvalue weighted by molar-refractivity contribution is 9.11. The van der Waals surface area contributed by atoms with Gasteiger partial charge in [-0.2, -0.15) is 4.31 Å². The third-order valence-corrected chi connectivity index (χ3v) is 5.72. The fourth-order valence-corrected chi connectivity index (χ4v) is 4.77. The lowest BCUT2D eigenvalue weighted by Crippen LogP contribution is -2.39. The quantitative estimate of drug-likeness (QED) is 0.918. The summed E-state index contributed by atoms with van der Waals surface area (Å²) in [7, 11) is -2.03. The van der Waals surface area contributed by atoms with Crippen molar-refractivity contribution in [3.8, 4) is 0 Å². The van der Waals surface area contributed by atoms with E-state index < -0.39 is 15.6 Å². The van der Waals surface area contributed by atoms with E-state index in [0.29, 0.717) is 0 Å². The minimum absolute atomic E-state index is 0.0604.